The first-order chi connectivity index (χ1) is 10.3. The van der Waals surface area contributed by atoms with E-state index < -0.39 is 0 Å². The van der Waals surface area contributed by atoms with Gasteiger partial charge in [0.15, 0.2) is 0 Å². The van der Waals surface area contributed by atoms with Gasteiger partial charge in [0.05, 0.1) is 6.42 Å². The quantitative estimate of drug-likeness (QED) is 0.489. The summed E-state index contributed by atoms with van der Waals surface area (Å²) in [6.07, 6.45) is 0.398. The number of fused-ring (bicyclic) bond motifs is 3. The van der Waals surface area contributed by atoms with E-state index in [4.69, 9.17) is 4.74 Å². The van der Waals surface area contributed by atoms with Crippen molar-refractivity contribution in [3.05, 3.63) is 77.9 Å². The first-order valence-corrected chi connectivity index (χ1v) is 7.10. The van der Waals surface area contributed by atoms with Crippen LogP contribution in [0.5, 0.6) is 5.75 Å². The summed E-state index contributed by atoms with van der Waals surface area (Å²) >= 11 is 0. The Hall–Kier alpha value is -2.61. The molecule has 0 saturated heterocycles. The summed E-state index contributed by atoms with van der Waals surface area (Å²) < 4.78 is 5.56. The zero-order valence-corrected chi connectivity index (χ0v) is 11.5. The second kappa shape index (κ2) is 4.74. The maximum atomic E-state index is 12.0. The van der Waals surface area contributed by atoms with Gasteiger partial charge in [-0.1, -0.05) is 66.7 Å². The highest BCUT2D eigenvalue weighted by Crippen LogP contribution is 2.42. The maximum Gasteiger partial charge on any atom is 0.312 e. The van der Waals surface area contributed by atoms with Gasteiger partial charge >= 0.3 is 5.97 Å². The fourth-order valence-electron chi connectivity index (χ4n) is 3.06. The Balaban J connectivity index is 1.95. The summed E-state index contributed by atoms with van der Waals surface area (Å²) in [6.45, 7) is 0. The van der Waals surface area contributed by atoms with Crippen LogP contribution in [0, 0.1) is 0 Å². The van der Waals surface area contributed by atoms with Gasteiger partial charge in [-0.3, -0.25) is 4.79 Å². The molecule has 1 aliphatic heterocycles. The average molecular weight is 274 g/mol. The van der Waals surface area contributed by atoms with Crippen molar-refractivity contribution >= 4 is 16.7 Å². The van der Waals surface area contributed by atoms with Crippen LogP contribution in [0.1, 0.15) is 23.5 Å². The molecule has 2 heteroatoms. The van der Waals surface area contributed by atoms with Gasteiger partial charge in [0, 0.05) is 16.9 Å². The number of ether oxygens (including phenoxy) is 1. The Bertz CT molecular complexity index is 821. The number of hydrogen-bond acceptors (Lipinski definition) is 2. The van der Waals surface area contributed by atoms with E-state index in [0.29, 0.717) is 6.42 Å². The Morgan fingerprint density at radius 3 is 2.48 bits per heavy atom. The van der Waals surface area contributed by atoms with Crippen molar-refractivity contribution in [2.75, 3.05) is 0 Å². The molecule has 3 aromatic rings. The van der Waals surface area contributed by atoms with Gasteiger partial charge < -0.3 is 4.74 Å². The minimum Gasteiger partial charge on any atom is -0.426 e. The smallest absolute Gasteiger partial charge is 0.312 e. The Kier molecular flexibility index (Phi) is 2.74. The number of carbonyl (C=O) groups excluding carboxylic acids is 1. The molecule has 1 heterocycles. The number of esters is 1. The normalized spacial score (nSPS) is 17.3. The van der Waals surface area contributed by atoms with Crippen molar-refractivity contribution in [3.8, 4) is 5.75 Å². The predicted molar refractivity (Wildman–Crippen MR) is 82.5 cm³/mol. The van der Waals surface area contributed by atoms with Crippen LogP contribution in [-0.2, 0) is 4.79 Å². The number of rotatable bonds is 1. The van der Waals surface area contributed by atoms with Crippen molar-refractivity contribution in [3.63, 3.8) is 0 Å². The zero-order valence-electron chi connectivity index (χ0n) is 11.5. The second-order valence-electron chi connectivity index (χ2n) is 5.35. The molecule has 21 heavy (non-hydrogen) atoms. The highest BCUT2D eigenvalue weighted by Gasteiger charge is 2.29. The standard InChI is InChI=1S/C19H14O2/c20-18-12-17(13-6-2-1-3-7-13)16-11-10-14-8-4-5-9-15(14)19(16)21-18/h1-11,17H,12H2. The van der Waals surface area contributed by atoms with Crippen molar-refractivity contribution < 1.29 is 9.53 Å². The Labute approximate surface area is 123 Å². The molecule has 1 aliphatic rings. The summed E-state index contributed by atoms with van der Waals surface area (Å²) in [5, 5.41) is 2.10. The van der Waals surface area contributed by atoms with Gasteiger partial charge in [-0.15, -0.1) is 0 Å². The lowest BCUT2D eigenvalue weighted by Gasteiger charge is -2.26. The van der Waals surface area contributed by atoms with Crippen LogP contribution in [0.15, 0.2) is 66.7 Å². The van der Waals surface area contributed by atoms with Crippen LogP contribution in [0.2, 0.25) is 0 Å². The molecule has 0 spiro atoms. The lowest BCUT2D eigenvalue weighted by molar-refractivity contribution is -0.135. The molecule has 0 N–H and O–H groups in total. The second-order valence-corrected chi connectivity index (χ2v) is 5.35. The lowest BCUT2D eigenvalue weighted by atomic mass is 9.85. The topological polar surface area (TPSA) is 26.3 Å². The van der Waals surface area contributed by atoms with Crippen molar-refractivity contribution in [1.82, 2.24) is 0 Å². The molecule has 1 atom stereocenters. The third-order valence-electron chi connectivity index (χ3n) is 4.07. The van der Waals surface area contributed by atoms with Crippen LogP contribution in [0.3, 0.4) is 0 Å². The minimum absolute atomic E-state index is 0.0760. The van der Waals surface area contributed by atoms with Gasteiger partial charge in [-0.2, -0.15) is 0 Å². The van der Waals surface area contributed by atoms with E-state index >= 15 is 0 Å². The average Bonchev–Trinajstić information content (AvgIpc) is 2.55. The molecule has 0 radical (unpaired) electrons. The third-order valence-corrected chi connectivity index (χ3v) is 4.07. The fourth-order valence-corrected chi connectivity index (χ4v) is 3.06. The van der Waals surface area contributed by atoms with Crippen LogP contribution in [0.4, 0.5) is 0 Å². The minimum atomic E-state index is -0.160. The first kappa shape index (κ1) is 12.2. The monoisotopic (exact) mass is 274 g/mol. The van der Waals surface area contributed by atoms with E-state index in [2.05, 4.69) is 24.3 Å². The molecule has 0 saturated carbocycles. The summed E-state index contributed by atoms with van der Waals surface area (Å²) in [4.78, 5) is 12.0. The largest absolute Gasteiger partial charge is 0.426 e. The summed E-state index contributed by atoms with van der Waals surface area (Å²) in [6, 6.07) is 22.4. The maximum absolute atomic E-state index is 12.0. The van der Waals surface area contributed by atoms with Gasteiger partial charge in [-0.25, -0.2) is 0 Å². The van der Waals surface area contributed by atoms with Gasteiger partial charge in [0.1, 0.15) is 5.75 Å². The van der Waals surface area contributed by atoms with E-state index in [1.165, 1.54) is 0 Å². The lowest BCUT2D eigenvalue weighted by Crippen LogP contribution is -2.21. The Morgan fingerprint density at radius 2 is 1.62 bits per heavy atom. The number of benzene rings is 3. The van der Waals surface area contributed by atoms with Gasteiger partial charge in [0.2, 0.25) is 0 Å². The molecule has 2 nitrogen and oxygen atoms in total. The van der Waals surface area contributed by atoms with E-state index in [9.17, 15) is 4.79 Å². The summed E-state index contributed by atoms with van der Waals surface area (Å²) in [5.74, 6) is 0.637. The number of carbonyl (C=O) groups is 1. The van der Waals surface area contributed by atoms with Crippen molar-refractivity contribution in [2.45, 2.75) is 12.3 Å². The molecule has 0 aromatic heterocycles. The van der Waals surface area contributed by atoms with E-state index in [0.717, 1.165) is 27.6 Å². The Morgan fingerprint density at radius 1 is 0.857 bits per heavy atom. The molecular weight excluding hydrogens is 260 g/mol. The molecular formula is C19H14O2. The summed E-state index contributed by atoms with van der Waals surface area (Å²) in [5.41, 5.74) is 2.25. The first-order valence-electron chi connectivity index (χ1n) is 7.10. The van der Waals surface area contributed by atoms with Crippen LogP contribution in [0.25, 0.3) is 10.8 Å². The zero-order chi connectivity index (χ0) is 14.2. The molecule has 0 fully saturated rings. The molecule has 0 amide bonds. The fraction of sp³-hybridized carbons (Fsp3) is 0.105. The SMILES string of the molecule is O=C1CC(c2ccccc2)c2ccc3ccccc3c2O1. The van der Waals surface area contributed by atoms with Crippen molar-refractivity contribution in [1.29, 1.82) is 0 Å². The van der Waals surface area contributed by atoms with E-state index in [-0.39, 0.29) is 11.9 Å². The molecule has 0 aliphatic carbocycles. The van der Waals surface area contributed by atoms with E-state index in [1.54, 1.807) is 0 Å². The summed E-state index contributed by atoms with van der Waals surface area (Å²) in [7, 11) is 0. The third kappa shape index (κ3) is 2.00. The van der Waals surface area contributed by atoms with Crippen LogP contribution in [-0.4, -0.2) is 5.97 Å². The van der Waals surface area contributed by atoms with Gasteiger partial charge in [-0.05, 0) is 10.9 Å². The van der Waals surface area contributed by atoms with E-state index in [1.807, 2.05) is 42.5 Å². The van der Waals surface area contributed by atoms with Crippen LogP contribution >= 0.6 is 0 Å². The molecule has 4 rings (SSSR count). The number of hydrogen-bond donors (Lipinski definition) is 0. The van der Waals surface area contributed by atoms with Crippen molar-refractivity contribution in [2.24, 2.45) is 0 Å². The predicted octanol–water partition coefficient (Wildman–Crippen LogP) is 4.28. The molecule has 3 aromatic carbocycles. The molecule has 0 bridgehead atoms. The highest BCUT2D eigenvalue weighted by molar-refractivity contribution is 5.93. The van der Waals surface area contributed by atoms with Gasteiger partial charge in [0.25, 0.3) is 0 Å². The molecule has 1 unspecified atom stereocenters. The van der Waals surface area contributed by atoms with Crippen LogP contribution < -0.4 is 4.74 Å². The highest BCUT2D eigenvalue weighted by atomic mass is 16.5. The molecule has 102 valence electrons.